The number of hydrogen-bond acceptors (Lipinski definition) is 3. The van der Waals surface area contributed by atoms with Crippen molar-refractivity contribution in [3.63, 3.8) is 0 Å². The van der Waals surface area contributed by atoms with E-state index in [1.54, 1.807) is 0 Å². The molecular weight excluding hydrogens is 294 g/mol. The van der Waals surface area contributed by atoms with Crippen molar-refractivity contribution in [1.82, 2.24) is 9.80 Å². The summed E-state index contributed by atoms with van der Waals surface area (Å²) >= 11 is 0. The Morgan fingerprint density at radius 1 is 1.35 bits per heavy atom. The van der Waals surface area contributed by atoms with Crippen LogP contribution in [0.15, 0.2) is 0 Å². The van der Waals surface area contributed by atoms with Gasteiger partial charge in [0.25, 0.3) is 0 Å². The first kappa shape index (κ1) is 17.0. The first-order valence-electron chi connectivity index (χ1n) is 5.72. The van der Waals surface area contributed by atoms with Crippen molar-refractivity contribution >= 4 is 5.91 Å². The van der Waals surface area contributed by atoms with E-state index in [0.717, 1.165) is 11.9 Å². The summed E-state index contributed by atoms with van der Waals surface area (Å²) in [6, 6.07) is -1.07. The molecule has 0 saturated carbocycles. The maximum Gasteiger partial charge on any atom is 0.415 e. The molecule has 118 valence electrons. The molecule has 0 aromatic carbocycles. The van der Waals surface area contributed by atoms with Gasteiger partial charge in [0.1, 0.15) is 6.54 Å². The minimum atomic E-state index is -4.83. The first-order chi connectivity index (χ1) is 8.92. The summed E-state index contributed by atoms with van der Waals surface area (Å²) in [4.78, 5) is 13.2. The van der Waals surface area contributed by atoms with Gasteiger partial charge in [0.15, 0.2) is 6.10 Å². The van der Waals surface area contributed by atoms with Crippen LogP contribution >= 0.6 is 0 Å². The molecule has 1 N–H and O–H groups in total. The van der Waals surface area contributed by atoms with Crippen LogP contribution in [0.25, 0.3) is 0 Å². The number of hydrogen-bond donors (Lipinski definition) is 1. The van der Waals surface area contributed by atoms with E-state index in [1.807, 2.05) is 0 Å². The lowest BCUT2D eigenvalue weighted by molar-refractivity contribution is -0.208. The standard InChI is InChI=1S/C10H14F6N2O2/c1-17(4-7(19)10(14,15)16)6-2-3-18(8(6)20)5-9(11,12)13/h6-7,19H,2-5H2,1H3. The number of likely N-dealkylation sites (N-methyl/N-ethyl adjacent to an activating group) is 1. The van der Waals surface area contributed by atoms with Crippen LogP contribution in [-0.4, -0.2) is 72.0 Å². The second-order valence-corrected chi connectivity index (χ2v) is 4.68. The number of rotatable bonds is 4. The molecule has 2 unspecified atom stereocenters. The van der Waals surface area contributed by atoms with Crippen LogP contribution in [-0.2, 0) is 4.79 Å². The number of alkyl halides is 6. The number of carbonyl (C=O) groups excluding carboxylic acids is 1. The van der Waals surface area contributed by atoms with Crippen molar-refractivity contribution < 1.29 is 36.2 Å². The SMILES string of the molecule is CN(CC(O)C(F)(F)F)C1CCN(CC(F)(F)F)C1=O. The molecule has 0 aliphatic carbocycles. The predicted molar refractivity (Wildman–Crippen MR) is 55.7 cm³/mol. The average molecular weight is 308 g/mol. The van der Waals surface area contributed by atoms with Crippen LogP contribution in [0.4, 0.5) is 26.3 Å². The minimum Gasteiger partial charge on any atom is -0.382 e. The smallest absolute Gasteiger partial charge is 0.382 e. The van der Waals surface area contributed by atoms with E-state index >= 15 is 0 Å². The van der Waals surface area contributed by atoms with E-state index in [9.17, 15) is 31.1 Å². The molecule has 0 aromatic heterocycles. The van der Waals surface area contributed by atoms with E-state index < -0.39 is 43.5 Å². The second kappa shape index (κ2) is 5.76. The zero-order chi connectivity index (χ0) is 15.7. The Morgan fingerprint density at radius 2 is 1.90 bits per heavy atom. The molecule has 0 radical (unpaired) electrons. The van der Waals surface area contributed by atoms with Gasteiger partial charge in [-0.05, 0) is 13.5 Å². The van der Waals surface area contributed by atoms with E-state index in [4.69, 9.17) is 5.11 Å². The second-order valence-electron chi connectivity index (χ2n) is 4.68. The van der Waals surface area contributed by atoms with Gasteiger partial charge < -0.3 is 10.0 Å². The zero-order valence-electron chi connectivity index (χ0n) is 10.5. The van der Waals surface area contributed by atoms with Crippen LogP contribution in [0.3, 0.4) is 0 Å². The van der Waals surface area contributed by atoms with Crippen LogP contribution in [0.1, 0.15) is 6.42 Å². The fraction of sp³-hybridized carbons (Fsp3) is 0.900. The summed E-state index contributed by atoms with van der Waals surface area (Å²) in [7, 11) is 1.16. The van der Waals surface area contributed by atoms with Crippen molar-refractivity contribution in [2.75, 3.05) is 26.7 Å². The topological polar surface area (TPSA) is 43.8 Å². The Bertz CT molecular complexity index is 357. The maximum atomic E-state index is 12.2. The summed E-state index contributed by atoms with van der Waals surface area (Å²) in [6.45, 7) is -2.45. The molecule has 1 saturated heterocycles. The Labute approximate surface area is 110 Å². The third-order valence-electron chi connectivity index (χ3n) is 3.01. The van der Waals surface area contributed by atoms with Gasteiger partial charge in [0, 0.05) is 13.1 Å². The maximum absolute atomic E-state index is 12.2. The molecule has 0 aromatic rings. The summed E-state index contributed by atoms with van der Waals surface area (Å²) in [5, 5.41) is 8.88. The molecule has 4 nitrogen and oxygen atoms in total. The largest absolute Gasteiger partial charge is 0.415 e. The molecule has 10 heteroatoms. The molecular formula is C10H14F6N2O2. The van der Waals surface area contributed by atoms with Crippen molar-refractivity contribution in [1.29, 1.82) is 0 Å². The summed E-state index contributed by atoms with van der Waals surface area (Å²) in [5.74, 6) is -0.876. The van der Waals surface area contributed by atoms with Gasteiger partial charge in [-0.3, -0.25) is 9.69 Å². The molecule has 1 heterocycles. The zero-order valence-corrected chi connectivity index (χ0v) is 10.5. The Hall–Kier alpha value is -1.03. The Morgan fingerprint density at radius 3 is 2.35 bits per heavy atom. The fourth-order valence-electron chi connectivity index (χ4n) is 2.01. The Kier molecular flexibility index (Phi) is 4.90. The normalized spacial score (nSPS) is 22.8. The molecule has 0 bridgehead atoms. The van der Waals surface area contributed by atoms with Crippen LogP contribution in [0.2, 0.25) is 0 Å². The lowest BCUT2D eigenvalue weighted by Crippen LogP contribution is -2.47. The number of likely N-dealkylation sites (tertiary alicyclic amines) is 1. The van der Waals surface area contributed by atoms with E-state index in [-0.39, 0.29) is 13.0 Å². The van der Waals surface area contributed by atoms with Gasteiger partial charge in [0.05, 0.1) is 6.04 Å². The van der Waals surface area contributed by atoms with Crippen molar-refractivity contribution in [2.24, 2.45) is 0 Å². The highest BCUT2D eigenvalue weighted by Gasteiger charge is 2.44. The van der Waals surface area contributed by atoms with Crippen molar-refractivity contribution in [3.8, 4) is 0 Å². The number of aliphatic hydroxyl groups excluding tert-OH is 1. The highest BCUT2D eigenvalue weighted by Crippen LogP contribution is 2.25. The lowest BCUT2D eigenvalue weighted by atomic mass is 10.2. The molecule has 1 fully saturated rings. The molecule has 1 aliphatic rings. The van der Waals surface area contributed by atoms with Crippen molar-refractivity contribution in [2.45, 2.75) is 30.9 Å². The van der Waals surface area contributed by atoms with Gasteiger partial charge in [-0.2, -0.15) is 26.3 Å². The number of nitrogens with zero attached hydrogens (tertiary/aromatic N) is 2. The number of amides is 1. The monoisotopic (exact) mass is 308 g/mol. The van der Waals surface area contributed by atoms with Crippen molar-refractivity contribution in [3.05, 3.63) is 0 Å². The Balaban J connectivity index is 2.59. The van der Waals surface area contributed by atoms with Gasteiger partial charge in [-0.15, -0.1) is 0 Å². The number of carbonyl (C=O) groups is 1. The predicted octanol–water partition coefficient (Wildman–Crippen LogP) is 1.00. The van der Waals surface area contributed by atoms with Gasteiger partial charge in [0.2, 0.25) is 5.91 Å². The fourth-order valence-corrected chi connectivity index (χ4v) is 2.01. The summed E-state index contributed by atoms with van der Waals surface area (Å²) in [6.07, 6.45) is -12.0. The minimum absolute atomic E-state index is 0.00398. The number of aliphatic hydroxyl groups is 1. The highest BCUT2D eigenvalue weighted by molar-refractivity contribution is 5.84. The summed E-state index contributed by atoms with van der Waals surface area (Å²) < 4.78 is 73.1. The van der Waals surface area contributed by atoms with Crippen LogP contribution < -0.4 is 0 Å². The number of halogens is 6. The van der Waals surface area contributed by atoms with Gasteiger partial charge >= 0.3 is 12.4 Å². The van der Waals surface area contributed by atoms with Gasteiger partial charge in [-0.1, -0.05) is 0 Å². The van der Waals surface area contributed by atoms with E-state index in [2.05, 4.69) is 0 Å². The van der Waals surface area contributed by atoms with Crippen LogP contribution in [0, 0.1) is 0 Å². The average Bonchev–Trinajstić information content (AvgIpc) is 2.56. The third kappa shape index (κ3) is 4.51. The molecule has 1 amide bonds. The molecule has 0 spiro atoms. The summed E-state index contributed by atoms with van der Waals surface area (Å²) in [5.41, 5.74) is 0. The third-order valence-corrected chi connectivity index (χ3v) is 3.01. The first-order valence-corrected chi connectivity index (χ1v) is 5.72. The van der Waals surface area contributed by atoms with E-state index in [1.165, 1.54) is 0 Å². The quantitative estimate of drug-likeness (QED) is 0.788. The van der Waals surface area contributed by atoms with Crippen LogP contribution in [0.5, 0.6) is 0 Å². The molecule has 1 aliphatic heterocycles. The molecule has 1 rings (SSSR count). The molecule has 2 atom stereocenters. The lowest BCUT2D eigenvalue weighted by Gasteiger charge is -2.27. The van der Waals surface area contributed by atoms with E-state index in [0.29, 0.717) is 4.90 Å². The highest BCUT2D eigenvalue weighted by atomic mass is 19.4. The van der Waals surface area contributed by atoms with Gasteiger partial charge in [-0.25, -0.2) is 0 Å². The molecule has 20 heavy (non-hydrogen) atoms.